The summed E-state index contributed by atoms with van der Waals surface area (Å²) in [6.45, 7) is 4.70. The van der Waals surface area contributed by atoms with Gasteiger partial charge in [0.1, 0.15) is 0 Å². The average Bonchev–Trinajstić information content (AvgIpc) is 3.54. The lowest BCUT2D eigenvalue weighted by Gasteiger charge is -2.24. The van der Waals surface area contributed by atoms with Crippen molar-refractivity contribution in [2.75, 3.05) is 0 Å². The van der Waals surface area contributed by atoms with Crippen molar-refractivity contribution in [3.05, 3.63) is 139 Å². The van der Waals surface area contributed by atoms with Gasteiger partial charge in [0.25, 0.3) is 0 Å². The molecule has 5 aromatic heterocycles. The fourth-order valence-electron chi connectivity index (χ4n) is 7.18. The second kappa shape index (κ2) is 9.16. The van der Waals surface area contributed by atoms with Crippen LogP contribution in [0, 0.1) is 0 Å². The number of hydrogen-bond acceptors (Lipinski definition) is 4. The third-order valence-corrected chi connectivity index (χ3v) is 9.10. The van der Waals surface area contributed by atoms with Gasteiger partial charge in [-0.2, -0.15) is 0 Å². The first-order chi connectivity index (χ1) is 21.6. The normalized spacial score (nSPS) is 13.4. The van der Waals surface area contributed by atoms with E-state index < -0.39 is 0 Å². The SMILES string of the molecule is CC1(C)c2ccccc2-c2ccc3c4ccc5cccnc5c4n(-c4cc(-c5ccccn5)nc(-c5ccccn5)c4)c3c21. The summed E-state index contributed by atoms with van der Waals surface area (Å²) in [7, 11) is 0. The minimum atomic E-state index is -0.207. The Bertz CT molecular complexity index is 2350. The lowest BCUT2D eigenvalue weighted by Crippen LogP contribution is -2.16. The lowest BCUT2D eigenvalue weighted by atomic mass is 9.81. The van der Waals surface area contributed by atoms with Crippen molar-refractivity contribution in [2.45, 2.75) is 19.3 Å². The van der Waals surface area contributed by atoms with Gasteiger partial charge in [0, 0.05) is 40.2 Å². The van der Waals surface area contributed by atoms with Gasteiger partial charge in [0.2, 0.25) is 0 Å². The van der Waals surface area contributed by atoms with E-state index in [1.807, 2.05) is 61.1 Å². The van der Waals surface area contributed by atoms with Crippen LogP contribution in [0.15, 0.2) is 128 Å². The van der Waals surface area contributed by atoms with E-state index in [0.717, 1.165) is 44.9 Å². The van der Waals surface area contributed by atoms with E-state index in [9.17, 15) is 0 Å². The van der Waals surface area contributed by atoms with Crippen molar-refractivity contribution < 1.29 is 0 Å². The second-order valence-corrected chi connectivity index (χ2v) is 12.0. The van der Waals surface area contributed by atoms with Gasteiger partial charge < -0.3 is 4.57 Å². The zero-order chi connectivity index (χ0) is 29.4. The molecule has 44 heavy (non-hydrogen) atoms. The van der Waals surface area contributed by atoms with Crippen LogP contribution in [0.2, 0.25) is 0 Å². The molecule has 0 saturated carbocycles. The Labute approximate surface area is 254 Å². The second-order valence-electron chi connectivity index (χ2n) is 12.0. The van der Waals surface area contributed by atoms with Gasteiger partial charge in [-0.1, -0.05) is 80.6 Å². The van der Waals surface area contributed by atoms with Crippen LogP contribution in [0.25, 0.3) is 72.3 Å². The molecule has 0 saturated heterocycles. The van der Waals surface area contributed by atoms with Crippen molar-refractivity contribution in [1.29, 1.82) is 0 Å². The van der Waals surface area contributed by atoms with Crippen molar-refractivity contribution in [1.82, 2.24) is 24.5 Å². The standard InChI is InChI=1S/C39H27N5/c1-39(2)30-12-4-3-11-26(30)27-17-18-28-29-16-15-24-10-9-21-42-36(24)38(29)44(37(28)35(27)39)25-22-33(31-13-5-7-19-40-31)43-34(23-25)32-14-6-8-20-41-32/h3-23H,1-2H3. The van der Waals surface area contributed by atoms with Gasteiger partial charge in [0.15, 0.2) is 0 Å². The number of fused-ring (bicyclic) bond motifs is 9. The Morgan fingerprint density at radius 2 is 1.20 bits per heavy atom. The summed E-state index contributed by atoms with van der Waals surface area (Å²) >= 11 is 0. The van der Waals surface area contributed by atoms with Crippen molar-refractivity contribution in [3.8, 4) is 39.6 Å². The molecule has 0 atom stereocenters. The van der Waals surface area contributed by atoms with Crippen LogP contribution in [-0.2, 0) is 5.41 Å². The summed E-state index contributed by atoms with van der Waals surface area (Å²) in [5.41, 5.74) is 12.5. The quantitative estimate of drug-likeness (QED) is 0.214. The van der Waals surface area contributed by atoms with E-state index in [1.54, 1.807) is 0 Å². The van der Waals surface area contributed by atoms with E-state index in [1.165, 1.54) is 38.5 Å². The molecule has 3 aromatic carbocycles. The van der Waals surface area contributed by atoms with E-state index in [0.29, 0.717) is 0 Å². The molecule has 5 heterocycles. The first-order valence-corrected chi connectivity index (χ1v) is 14.9. The molecule has 0 radical (unpaired) electrons. The molecule has 0 spiro atoms. The topological polar surface area (TPSA) is 56.5 Å². The van der Waals surface area contributed by atoms with Crippen molar-refractivity contribution in [2.24, 2.45) is 0 Å². The molecule has 5 heteroatoms. The van der Waals surface area contributed by atoms with Gasteiger partial charge >= 0.3 is 0 Å². The smallest absolute Gasteiger partial charge is 0.0948 e. The molecule has 9 rings (SSSR count). The molecular weight excluding hydrogens is 538 g/mol. The summed E-state index contributed by atoms with van der Waals surface area (Å²) in [4.78, 5) is 19.4. The predicted octanol–water partition coefficient (Wildman–Crippen LogP) is 9.16. The monoisotopic (exact) mass is 565 g/mol. The van der Waals surface area contributed by atoms with Gasteiger partial charge in [-0.05, 0) is 64.7 Å². The summed E-state index contributed by atoms with van der Waals surface area (Å²) in [6, 6.07) is 38.2. The minimum Gasteiger partial charge on any atom is -0.307 e. The molecule has 8 aromatic rings. The van der Waals surface area contributed by atoms with Crippen LogP contribution in [0.3, 0.4) is 0 Å². The van der Waals surface area contributed by atoms with E-state index in [2.05, 4.69) is 95.1 Å². The Hall–Kier alpha value is -5.68. The van der Waals surface area contributed by atoms with Gasteiger partial charge in [-0.15, -0.1) is 0 Å². The molecule has 5 nitrogen and oxygen atoms in total. The summed E-state index contributed by atoms with van der Waals surface area (Å²) < 4.78 is 2.42. The summed E-state index contributed by atoms with van der Waals surface area (Å²) in [5.74, 6) is 0. The summed E-state index contributed by atoms with van der Waals surface area (Å²) in [6.07, 6.45) is 5.52. The van der Waals surface area contributed by atoms with Crippen LogP contribution >= 0.6 is 0 Å². The largest absolute Gasteiger partial charge is 0.307 e. The van der Waals surface area contributed by atoms with Crippen molar-refractivity contribution in [3.63, 3.8) is 0 Å². The van der Waals surface area contributed by atoms with Gasteiger partial charge in [-0.3, -0.25) is 15.0 Å². The molecule has 208 valence electrons. The number of pyridine rings is 4. The summed E-state index contributed by atoms with van der Waals surface area (Å²) in [5, 5.41) is 3.49. The number of benzene rings is 3. The van der Waals surface area contributed by atoms with E-state index in [-0.39, 0.29) is 5.41 Å². The molecule has 0 aliphatic heterocycles. The van der Waals surface area contributed by atoms with E-state index >= 15 is 0 Å². The Kier molecular flexibility index (Phi) is 5.18. The predicted molar refractivity (Wildman–Crippen MR) is 178 cm³/mol. The molecule has 0 unspecified atom stereocenters. The highest BCUT2D eigenvalue weighted by Crippen LogP contribution is 2.53. The molecule has 0 bridgehead atoms. The number of aromatic nitrogens is 5. The fourth-order valence-corrected chi connectivity index (χ4v) is 7.18. The van der Waals surface area contributed by atoms with Crippen LogP contribution in [0.4, 0.5) is 0 Å². The molecule has 1 aliphatic carbocycles. The first-order valence-electron chi connectivity index (χ1n) is 14.9. The minimum absolute atomic E-state index is 0.207. The third kappa shape index (κ3) is 3.47. The first kappa shape index (κ1) is 24.9. The van der Waals surface area contributed by atoms with Gasteiger partial charge in [-0.25, -0.2) is 4.98 Å². The number of rotatable bonds is 3. The van der Waals surface area contributed by atoms with Crippen LogP contribution in [0.1, 0.15) is 25.0 Å². The van der Waals surface area contributed by atoms with Crippen LogP contribution in [-0.4, -0.2) is 24.5 Å². The van der Waals surface area contributed by atoms with Crippen LogP contribution < -0.4 is 0 Å². The zero-order valence-electron chi connectivity index (χ0n) is 24.4. The van der Waals surface area contributed by atoms with Crippen LogP contribution in [0.5, 0.6) is 0 Å². The zero-order valence-corrected chi connectivity index (χ0v) is 24.4. The highest BCUT2D eigenvalue weighted by atomic mass is 15.0. The molecule has 0 N–H and O–H groups in total. The Balaban J connectivity index is 1.48. The maximum Gasteiger partial charge on any atom is 0.0948 e. The van der Waals surface area contributed by atoms with Crippen molar-refractivity contribution >= 4 is 32.7 Å². The number of hydrogen-bond donors (Lipinski definition) is 0. The molecule has 0 amide bonds. The molecule has 1 aliphatic rings. The Morgan fingerprint density at radius 1 is 0.545 bits per heavy atom. The average molecular weight is 566 g/mol. The fraction of sp³-hybridized carbons (Fsp3) is 0.0769. The lowest BCUT2D eigenvalue weighted by molar-refractivity contribution is 0.664. The highest BCUT2D eigenvalue weighted by Gasteiger charge is 2.38. The third-order valence-electron chi connectivity index (χ3n) is 9.10. The van der Waals surface area contributed by atoms with Gasteiger partial charge in [0.05, 0.1) is 45.0 Å². The molecule has 0 fully saturated rings. The maximum atomic E-state index is 5.09. The highest BCUT2D eigenvalue weighted by molar-refractivity contribution is 6.19. The molecular formula is C39H27N5. The number of nitrogens with zero attached hydrogens (tertiary/aromatic N) is 5. The Morgan fingerprint density at radius 3 is 1.93 bits per heavy atom. The van der Waals surface area contributed by atoms with E-state index in [4.69, 9.17) is 9.97 Å². The maximum absolute atomic E-state index is 5.09.